The number of carbonyl (C=O) groups excluding carboxylic acids is 1. The Hall–Kier alpha value is -2.49. The lowest BCUT2D eigenvalue weighted by Crippen LogP contribution is -2.62. The van der Waals surface area contributed by atoms with E-state index in [0.717, 1.165) is 43.7 Å². The number of benzene rings is 2. The van der Waals surface area contributed by atoms with E-state index in [1.807, 2.05) is 6.07 Å². The average molecular weight is 607 g/mol. The van der Waals surface area contributed by atoms with Gasteiger partial charge in [-0.1, -0.05) is 63.2 Å². The summed E-state index contributed by atoms with van der Waals surface area (Å²) in [6.45, 7) is 11.5. The van der Waals surface area contributed by atoms with Gasteiger partial charge in [-0.25, -0.2) is 0 Å². The Morgan fingerprint density at radius 1 is 1.07 bits per heavy atom. The molecule has 8 heteroatoms. The standard InChI is InChI=1S/C36H54N4O4/c1-24-30-20-28(36(30,3)4)21-31(24)37-35(43)34-33(25(2)42)32(23-41)44-40(34)22-27-13-10-14-29(19-27)39(18-17-38(5)6)16-15-26-11-8-7-9-12-26/h7-14,19,24-25,28,30-34,41-42H,15-18,20-23H2,1-6H3,(H,37,43)/t24-,25-,28+,30-,31-,32-,33+,34-/m0/s1. The average Bonchev–Trinajstić information content (AvgIpc) is 3.37. The molecule has 2 aromatic carbocycles. The highest BCUT2D eigenvalue weighted by Gasteiger charge is 2.57. The molecule has 4 fully saturated rings. The van der Waals surface area contributed by atoms with E-state index in [9.17, 15) is 15.0 Å². The van der Waals surface area contributed by atoms with Gasteiger partial charge in [0.25, 0.3) is 0 Å². The molecule has 2 bridgehead atoms. The zero-order valence-electron chi connectivity index (χ0n) is 27.5. The summed E-state index contributed by atoms with van der Waals surface area (Å²) in [5, 5.41) is 26.1. The van der Waals surface area contributed by atoms with Crippen molar-refractivity contribution >= 4 is 11.6 Å². The number of aliphatic hydroxyl groups is 2. The van der Waals surface area contributed by atoms with E-state index in [2.05, 4.69) is 98.5 Å². The number of nitrogens with zero attached hydrogens (tertiary/aromatic N) is 3. The first kappa shape index (κ1) is 32.9. The molecule has 0 spiro atoms. The van der Waals surface area contributed by atoms with Crippen molar-refractivity contribution in [2.75, 3.05) is 45.2 Å². The van der Waals surface area contributed by atoms with Crippen LogP contribution in [0.15, 0.2) is 54.6 Å². The predicted molar refractivity (Wildman–Crippen MR) is 175 cm³/mol. The molecule has 242 valence electrons. The van der Waals surface area contributed by atoms with Gasteiger partial charge < -0.3 is 25.3 Å². The van der Waals surface area contributed by atoms with Gasteiger partial charge in [-0.3, -0.25) is 9.63 Å². The second-order valence-electron chi connectivity index (χ2n) is 14.4. The molecule has 0 unspecified atom stereocenters. The van der Waals surface area contributed by atoms with Gasteiger partial charge in [0.05, 0.1) is 19.3 Å². The number of likely N-dealkylation sites (N-methyl/N-ethyl adjacent to an activating group) is 1. The quantitative estimate of drug-likeness (QED) is 0.318. The smallest absolute Gasteiger partial charge is 0.240 e. The number of fused-ring (bicyclic) bond motifs is 2. The lowest BCUT2D eigenvalue weighted by molar-refractivity contribution is -0.183. The van der Waals surface area contributed by atoms with Crippen LogP contribution in [0.25, 0.3) is 0 Å². The molecule has 8 atom stereocenters. The highest BCUT2D eigenvalue weighted by Crippen LogP contribution is 2.61. The summed E-state index contributed by atoms with van der Waals surface area (Å²) < 4.78 is 0. The van der Waals surface area contributed by atoms with Gasteiger partial charge in [0, 0.05) is 37.3 Å². The molecule has 3 aliphatic carbocycles. The van der Waals surface area contributed by atoms with Crippen LogP contribution in [0.5, 0.6) is 0 Å². The van der Waals surface area contributed by atoms with Gasteiger partial charge in [0.1, 0.15) is 12.1 Å². The van der Waals surface area contributed by atoms with E-state index in [1.54, 1.807) is 12.0 Å². The Balaban J connectivity index is 1.33. The second kappa shape index (κ2) is 13.9. The normalized spacial score (nSPS) is 30.2. The maximum absolute atomic E-state index is 14.0. The summed E-state index contributed by atoms with van der Waals surface area (Å²) in [5.74, 6) is 0.988. The SMILES string of the molecule is C[C@@H]1[C@@H](NC(=O)[C@@H]2[C@H]([C@H](C)O)[C@H](CO)ON2Cc2cccc(N(CCc3ccccc3)CCN(C)C)c2)C[C@H]2C[C@@H]1C2(C)C. The number of hydrogen-bond acceptors (Lipinski definition) is 7. The fraction of sp³-hybridized carbons (Fsp3) is 0.639. The van der Waals surface area contributed by atoms with Gasteiger partial charge >= 0.3 is 0 Å². The molecule has 0 aromatic heterocycles. The summed E-state index contributed by atoms with van der Waals surface area (Å²) in [5.41, 5.74) is 3.79. The zero-order valence-corrected chi connectivity index (χ0v) is 27.5. The Morgan fingerprint density at radius 3 is 2.43 bits per heavy atom. The monoisotopic (exact) mass is 606 g/mol. The molecule has 44 heavy (non-hydrogen) atoms. The highest BCUT2D eigenvalue weighted by atomic mass is 16.7. The van der Waals surface area contributed by atoms with Crippen molar-refractivity contribution in [3.05, 3.63) is 65.7 Å². The van der Waals surface area contributed by atoms with E-state index in [4.69, 9.17) is 4.84 Å². The van der Waals surface area contributed by atoms with Crippen LogP contribution in [0, 0.1) is 29.1 Å². The zero-order chi connectivity index (χ0) is 31.6. The Morgan fingerprint density at radius 2 is 1.80 bits per heavy atom. The van der Waals surface area contributed by atoms with Crippen LogP contribution >= 0.6 is 0 Å². The summed E-state index contributed by atoms with van der Waals surface area (Å²) in [6.07, 6.45) is 1.72. The molecule has 8 nitrogen and oxygen atoms in total. The Kier molecular flexibility index (Phi) is 10.4. The van der Waals surface area contributed by atoms with Crippen LogP contribution < -0.4 is 10.2 Å². The highest BCUT2D eigenvalue weighted by molar-refractivity contribution is 5.82. The maximum atomic E-state index is 14.0. The minimum Gasteiger partial charge on any atom is -0.394 e. The number of amides is 1. The van der Waals surface area contributed by atoms with E-state index in [-0.39, 0.29) is 18.6 Å². The van der Waals surface area contributed by atoms with Crippen molar-refractivity contribution in [2.45, 2.75) is 77.8 Å². The molecule has 3 saturated carbocycles. The van der Waals surface area contributed by atoms with Crippen molar-refractivity contribution < 1.29 is 19.8 Å². The van der Waals surface area contributed by atoms with E-state index >= 15 is 0 Å². The molecule has 1 aliphatic heterocycles. The lowest BCUT2D eigenvalue weighted by Gasteiger charge is -2.62. The van der Waals surface area contributed by atoms with Gasteiger partial charge in [0.15, 0.2) is 0 Å². The molecule has 1 amide bonds. The van der Waals surface area contributed by atoms with Crippen LogP contribution in [0.1, 0.15) is 51.7 Å². The molecule has 4 aliphatic rings. The predicted octanol–water partition coefficient (Wildman–Crippen LogP) is 3.96. The van der Waals surface area contributed by atoms with E-state index in [0.29, 0.717) is 29.7 Å². The minimum atomic E-state index is -0.810. The number of nitrogens with one attached hydrogen (secondary N) is 1. The second-order valence-corrected chi connectivity index (χ2v) is 14.4. The van der Waals surface area contributed by atoms with Gasteiger partial charge in [-0.15, -0.1) is 0 Å². The van der Waals surface area contributed by atoms with Crippen molar-refractivity contribution in [3.63, 3.8) is 0 Å². The largest absolute Gasteiger partial charge is 0.394 e. The molecule has 1 heterocycles. The maximum Gasteiger partial charge on any atom is 0.240 e. The van der Waals surface area contributed by atoms with Crippen LogP contribution in [0.3, 0.4) is 0 Å². The fourth-order valence-corrected chi connectivity index (χ4v) is 8.12. The lowest BCUT2D eigenvalue weighted by atomic mass is 9.45. The topological polar surface area (TPSA) is 88.5 Å². The third-order valence-corrected chi connectivity index (χ3v) is 11.0. The van der Waals surface area contributed by atoms with Crippen LogP contribution in [-0.4, -0.2) is 90.7 Å². The first-order valence-corrected chi connectivity index (χ1v) is 16.5. The number of aliphatic hydroxyl groups excluding tert-OH is 2. The summed E-state index contributed by atoms with van der Waals surface area (Å²) in [4.78, 5) is 24.9. The fourth-order valence-electron chi connectivity index (χ4n) is 8.12. The first-order valence-electron chi connectivity index (χ1n) is 16.5. The third kappa shape index (κ3) is 7.00. The molecule has 0 radical (unpaired) electrons. The molecule has 3 N–H and O–H groups in total. The summed E-state index contributed by atoms with van der Waals surface area (Å²) >= 11 is 0. The molecular formula is C36H54N4O4. The number of anilines is 1. The van der Waals surface area contributed by atoms with E-state index < -0.39 is 24.2 Å². The van der Waals surface area contributed by atoms with Crippen LogP contribution in [-0.2, 0) is 22.6 Å². The number of carbonyl (C=O) groups is 1. The van der Waals surface area contributed by atoms with E-state index in [1.165, 1.54) is 12.0 Å². The van der Waals surface area contributed by atoms with Crippen molar-refractivity contribution in [1.82, 2.24) is 15.3 Å². The molecule has 1 saturated heterocycles. The Labute approximate surface area is 264 Å². The number of rotatable bonds is 13. The van der Waals surface area contributed by atoms with Crippen molar-refractivity contribution in [2.24, 2.45) is 29.1 Å². The van der Waals surface area contributed by atoms with Crippen molar-refractivity contribution in [3.8, 4) is 0 Å². The van der Waals surface area contributed by atoms with Gasteiger partial charge in [0.2, 0.25) is 5.91 Å². The molecule has 6 rings (SSSR count). The summed E-state index contributed by atoms with van der Waals surface area (Å²) in [7, 11) is 4.19. The molecule has 2 aromatic rings. The number of hydrogen-bond donors (Lipinski definition) is 3. The number of hydroxylamine groups is 2. The van der Waals surface area contributed by atoms with Crippen LogP contribution in [0.2, 0.25) is 0 Å². The third-order valence-electron chi connectivity index (χ3n) is 11.0. The molecular weight excluding hydrogens is 552 g/mol. The van der Waals surface area contributed by atoms with Crippen molar-refractivity contribution in [1.29, 1.82) is 0 Å². The van der Waals surface area contributed by atoms with Crippen LogP contribution in [0.4, 0.5) is 5.69 Å². The summed E-state index contributed by atoms with van der Waals surface area (Å²) in [6, 6.07) is 18.4. The van der Waals surface area contributed by atoms with Gasteiger partial charge in [-0.2, -0.15) is 5.06 Å². The minimum absolute atomic E-state index is 0.113. The van der Waals surface area contributed by atoms with Gasteiger partial charge in [-0.05, 0) is 86.7 Å². The first-order chi connectivity index (χ1) is 21.0. The Bertz CT molecular complexity index is 1240.